The normalized spacial score (nSPS) is 11.5. The molecular weight excluding hydrogens is 370 g/mol. The van der Waals surface area contributed by atoms with Crippen LogP contribution in [0.4, 0.5) is 16.2 Å². The predicted octanol–water partition coefficient (Wildman–Crippen LogP) is 2.03. The van der Waals surface area contributed by atoms with Crippen LogP contribution in [0, 0.1) is 5.41 Å². The molecule has 150 valence electrons. The molecule has 0 radical (unpaired) electrons. The quantitative estimate of drug-likeness (QED) is 0.258. The second-order valence-electron chi connectivity index (χ2n) is 6.03. The van der Waals surface area contributed by atoms with Crippen molar-refractivity contribution in [1.29, 1.82) is 5.41 Å². The van der Waals surface area contributed by atoms with Gasteiger partial charge in [0.25, 0.3) is 0 Å². The van der Waals surface area contributed by atoms with Crippen LogP contribution in [-0.2, 0) is 0 Å². The molecule has 0 aliphatic rings. The van der Waals surface area contributed by atoms with Crippen LogP contribution >= 0.6 is 0 Å². The molecule has 0 fully saturated rings. The fourth-order valence-electron chi connectivity index (χ4n) is 2.32. The van der Waals surface area contributed by atoms with Crippen molar-refractivity contribution in [2.45, 2.75) is 13.8 Å². The Morgan fingerprint density at radius 1 is 0.793 bits per heavy atom. The molecule has 9 N–H and O–H groups in total. The van der Waals surface area contributed by atoms with E-state index in [4.69, 9.17) is 22.6 Å². The molecule has 0 unspecified atom stereocenters. The highest BCUT2D eigenvalue weighted by atomic mass is 16.2. The van der Waals surface area contributed by atoms with Gasteiger partial charge in [-0.3, -0.25) is 5.41 Å². The van der Waals surface area contributed by atoms with E-state index >= 15 is 0 Å². The largest absolute Gasteiger partial charge is 0.369 e. The number of carbonyl (C=O) groups excluding carboxylic acids is 1. The summed E-state index contributed by atoms with van der Waals surface area (Å²) in [4.78, 5) is 16.1. The summed E-state index contributed by atoms with van der Waals surface area (Å²) in [5.74, 6) is -0.374. The van der Waals surface area contributed by atoms with Crippen LogP contribution in [0.3, 0.4) is 0 Å². The Bertz CT molecular complexity index is 970. The number of aliphatic imine (C=N–C) groups is 1. The number of hydrogen-bond donors (Lipinski definition) is 6. The molecule has 0 saturated carbocycles. The summed E-state index contributed by atoms with van der Waals surface area (Å²) >= 11 is 0. The Labute approximate surface area is 168 Å². The summed E-state index contributed by atoms with van der Waals surface area (Å²) in [6, 6.07) is 13.7. The molecule has 2 aromatic rings. The minimum Gasteiger partial charge on any atom is -0.369 e. The monoisotopic (exact) mass is 393 g/mol. The summed E-state index contributed by atoms with van der Waals surface area (Å²) in [6.45, 7) is 3.53. The van der Waals surface area contributed by atoms with E-state index in [9.17, 15) is 4.79 Å². The number of nitrogens with zero attached hydrogens (tertiary/aromatic N) is 3. The van der Waals surface area contributed by atoms with Gasteiger partial charge >= 0.3 is 6.03 Å². The Hall–Kier alpha value is -4.21. The van der Waals surface area contributed by atoms with Gasteiger partial charge in [0.05, 0.1) is 5.71 Å². The van der Waals surface area contributed by atoms with E-state index in [2.05, 4.69) is 25.8 Å². The van der Waals surface area contributed by atoms with Gasteiger partial charge in [0.1, 0.15) is 0 Å². The molecule has 0 spiro atoms. The van der Waals surface area contributed by atoms with Crippen molar-refractivity contribution in [2.75, 3.05) is 10.6 Å². The maximum atomic E-state index is 12.2. The van der Waals surface area contributed by atoms with E-state index in [1.165, 1.54) is 0 Å². The van der Waals surface area contributed by atoms with Crippen LogP contribution in [0.2, 0.25) is 0 Å². The maximum absolute atomic E-state index is 12.2. The molecule has 0 heterocycles. The average Bonchev–Trinajstić information content (AvgIpc) is 2.66. The zero-order valence-electron chi connectivity index (χ0n) is 16.1. The standard InChI is InChI=1S/C19H23N9O/c1-11(24-17(20)21)13-3-7-15(8-4-13)25-19(29)26-16-9-5-14(6-10-16)12(2)27-28-18(22)23/h3-10H,1-2H3,(H3,20,21)(H4,22,23,28)(H2,25,26,29). The van der Waals surface area contributed by atoms with Crippen LogP contribution in [0.5, 0.6) is 0 Å². The number of nitrogens with two attached hydrogens (primary N) is 3. The first-order valence-electron chi connectivity index (χ1n) is 8.56. The molecule has 0 aliphatic heterocycles. The van der Waals surface area contributed by atoms with Crippen molar-refractivity contribution in [1.82, 2.24) is 0 Å². The van der Waals surface area contributed by atoms with Crippen molar-refractivity contribution < 1.29 is 4.79 Å². The summed E-state index contributed by atoms with van der Waals surface area (Å²) in [7, 11) is 0. The van der Waals surface area contributed by atoms with Gasteiger partial charge in [0.2, 0.25) is 11.9 Å². The summed E-state index contributed by atoms with van der Waals surface area (Å²) < 4.78 is 0. The second-order valence-corrected chi connectivity index (χ2v) is 6.03. The highest BCUT2D eigenvalue weighted by molar-refractivity contribution is 6.05. The van der Waals surface area contributed by atoms with Gasteiger partial charge in [-0.1, -0.05) is 24.3 Å². The average molecular weight is 393 g/mol. The molecular formula is C19H23N9O. The lowest BCUT2D eigenvalue weighted by Crippen LogP contribution is -2.22. The number of nitrogens with one attached hydrogen (secondary N) is 3. The van der Waals surface area contributed by atoms with Crippen LogP contribution in [0.1, 0.15) is 25.0 Å². The third-order valence-electron chi connectivity index (χ3n) is 3.72. The summed E-state index contributed by atoms with van der Waals surface area (Å²) in [5.41, 5.74) is 19.9. The predicted molar refractivity (Wildman–Crippen MR) is 118 cm³/mol. The van der Waals surface area contributed by atoms with Crippen molar-refractivity contribution in [3.63, 3.8) is 0 Å². The van der Waals surface area contributed by atoms with Crippen molar-refractivity contribution >= 4 is 40.7 Å². The number of urea groups is 1. The first-order chi connectivity index (χ1) is 13.7. The van der Waals surface area contributed by atoms with E-state index in [0.29, 0.717) is 22.8 Å². The topological polar surface area (TPSA) is 180 Å². The minimum atomic E-state index is -0.384. The lowest BCUT2D eigenvalue weighted by atomic mass is 10.1. The van der Waals surface area contributed by atoms with E-state index in [-0.39, 0.29) is 18.0 Å². The summed E-state index contributed by atoms with van der Waals surface area (Å²) in [5, 5.41) is 20.2. The Kier molecular flexibility index (Phi) is 7.02. The zero-order chi connectivity index (χ0) is 21.4. The number of carbonyl (C=O) groups is 1. The molecule has 10 heteroatoms. The van der Waals surface area contributed by atoms with Crippen molar-refractivity contribution in [3.05, 3.63) is 59.7 Å². The number of benzene rings is 2. The molecule has 0 saturated heterocycles. The number of rotatable bonds is 5. The number of hydrogen-bond acceptors (Lipinski definition) is 4. The van der Waals surface area contributed by atoms with Gasteiger partial charge in [0.15, 0.2) is 0 Å². The van der Waals surface area contributed by atoms with E-state index in [1.807, 2.05) is 0 Å². The third kappa shape index (κ3) is 6.79. The fourth-order valence-corrected chi connectivity index (χ4v) is 2.32. The Balaban J connectivity index is 1.98. The van der Waals surface area contributed by atoms with Gasteiger partial charge < -0.3 is 27.8 Å². The molecule has 10 nitrogen and oxygen atoms in total. The van der Waals surface area contributed by atoms with Crippen LogP contribution < -0.4 is 27.8 Å². The molecule has 0 aromatic heterocycles. The smallest absolute Gasteiger partial charge is 0.323 e. The highest BCUT2D eigenvalue weighted by Gasteiger charge is 2.05. The van der Waals surface area contributed by atoms with Crippen molar-refractivity contribution in [2.24, 2.45) is 32.4 Å². The van der Waals surface area contributed by atoms with Gasteiger partial charge in [-0.2, -0.15) is 5.10 Å². The Morgan fingerprint density at radius 3 is 1.66 bits per heavy atom. The van der Waals surface area contributed by atoms with Gasteiger partial charge in [-0.25, -0.2) is 9.79 Å². The first-order valence-corrected chi connectivity index (χ1v) is 8.56. The van der Waals surface area contributed by atoms with Crippen molar-refractivity contribution in [3.8, 4) is 0 Å². The third-order valence-corrected chi connectivity index (χ3v) is 3.72. The molecule has 0 atom stereocenters. The number of amides is 2. The van der Waals surface area contributed by atoms with E-state index in [0.717, 1.165) is 11.1 Å². The molecule has 2 rings (SSSR count). The first kappa shape index (κ1) is 21.1. The van der Waals surface area contributed by atoms with Gasteiger partial charge in [-0.15, -0.1) is 5.10 Å². The van der Waals surface area contributed by atoms with Gasteiger partial charge in [-0.05, 0) is 49.2 Å². The molecule has 2 aromatic carbocycles. The van der Waals surface area contributed by atoms with Gasteiger partial charge in [0, 0.05) is 17.1 Å². The Morgan fingerprint density at radius 2 is 1.24 bits per heavy atom. The molecule has 0 aliphatic carbocycles. The number of anilines is 2. The van der Waals surface area contributed by atoms with Crippen LogP contribution in [0.15, 0.2) is 63.7 Å². The molecule has 2 amide bonds. The zero-order valence-corrected chi connectivity index (χ0v) is 16.1. The number of guanidine groups is 2. The maximum Gasteiger partial charge on any atom is 0.323 e. The summed E-state index contributed by atoms with van der Waals surface area (Å²) in [6.07, 6.45) is 0. The van der Waals surface area contributed by atoms with Crippen LogP contribution in [0.25, 0.3) is 0 Å². The highest BCUT2D eigenvalue weighted by Crippen LogP contribution is 2.13. The van der Waals surface area contributed by atoms with E-state index in [1.54, 1.807) is 62.4 Å². The SMILES string of the molecule is CC(=NN=C(N)N)c1ccc(NC(=O)Nc2ccc(C(C)=NC(=N)N)cc2)cc1. The van der Waals surface area contributed by atoms with Crippen LogP contribution in [-0.4, -0.2) is 29.4 Å². The lowest BCUT2D eigenvalue weighted by molar-refractivity contribution is 0.262. The molecule has 0 bridgehead atoms. The minimum absolute atomic E-state index is 0.117. The fraction of sp³-hybridized carbons (Fsp3) is 0.105. The second kappa shape index (κ2) is 9.65. The lowest BCUT2D eigenvalue weighted by Gasteiger charge is -2.09. The molecule has 29 heavy (non-hydrogen) atoms. The van der Waals surface area contributed by atoms with E-state index < -0.39 is 0 Å².